The van der Waals surface area contributed by atoms with Gasteiger partial charge in [0.15, 0.2) is 0 Å². The molecule has 8 nitrogen and oxygen atoms in total. The van der Waals surface area contributed by atoms with Gasteiger partial charge in [-0.3, -0.25) is 9.69 Å². The molecule has 2 aromatic carbocycles. The van der Waals surface area contributed by atoms with Crippen LogP contribution in [-0.4, -0.2) is 74.5 Å². The second-order valence-electron chi connectivity index (χ2n) is 11.0. The number of hydrogen-bond donors (Lipinski definition) is 0. The van der Waals surface area contributed by atoms with E-state index >= 15 is 0 Å². The van der Waals surface area contributed by atoms with Gasteiger partial charge in [0.1, 0.15) is 23.4 Å². The first-order chi connectivity index (χ1) is 20.7. The van der Waals surface area contributed by atoms with E-state index in [0.29, 0.717) is 36.3 Å². The Hall–Kier alpha value is -4.03. The van der Waals surface area contributed by atoms with Crippen molar-refractivity contribution in [3.05, 3.63) is 88.6 Å². The minimum Gasteiger partial charge on any atom is -0.437 e. The van der Waals surface area contributed by atoms with E-state index in [1.54, 1.807) is 17.0 Å². The number of carbonyl (C=O) groups excluding carboxylic acids is 1. The summed E-state index contributed by atoms with van der Waals surface area (Å²) in [5, 5.41) is 3.97. The lowest BCUT2D eigenvalue weighted by Gasteiger charge is -2.34. The Kier molecular flexibility index (Phi) is 8.06. The molecule has 0 saturated carbocycles. The minimum atomic E-state index is -4.51. The number of fused-ring (bicyclic) bond motifs is 2. The summed E-state index contributed by atoms with van der Waals surface area (Å²) in [6.45, 7) is 7.15. The lowest BCUT2D eigenvalue weighted by molar-refractivity contribution is -0.138. The molecule has 2 aliphatic heterocycles. The highest BCUT2D eigenvalue weighted by Crippen LogP contribution is 2.34. The van der Waals surface area contributed by atoms with E-state index in [-0.39, 0.29) is 30.3 Å². The molecule has 12 heteroatoms. The fraction of sp³-hybridized carbons (Fsp3) is 0.387. The van der Waals surface area contributed by atoms with Gasteiger partial charge in [-0.1, -0.05) is 25.1 Å². The van der Waals surface area contributed by atoms with Gasteiger partial charge in [-0.05, 0) is 53.4 Å². The number of piperazine rings is 1. The predicted octanol–water partition coefficient (Wildman–Crippen LogP) is 4.94. The molecule has 43 heavy (non-hydrogen) atoms. The summed E-state index contributed by atoms with van der Waals surface area (Å²) < 4.78 is 63.2. The molecule has 4 aromatic rings. The minimum absolute atomic E-state index is 0.122. The standard InChI is InChI=1S/C31H32F4N6O2/c1-2-38-9-11-39(12-10-38)17-23-4-3-21(13-27(23)31(33,34)35)14-29(42)40-8-7-22-5-6-26(15-24(22)18-40)43-30-28-16-25(32)19-41(28)37-20-36-30/h3-6,13,15-16,19-20H,2,7-12,14,17-18H2,1H3. The van der Waals surface area contributed by atoms with Crippen molar-refractivity contribution in [2.24, 2.45) is 0 Å². The van der Waals surface area contributed by atoms with Gasteiger partial charge in [0.25, 0.3) is 0 Å². The average Bonchev–Trinajstić information content (AvgIpc) is 3.38. The second-order valence-corrected chi connectivity index (χ2v) is 11.0. The van der Waals surface area contributed by atoms with Crippen molar-refractivity contribution in [3.8, 4) is 11.6 Å². The predicted molar refractivity (Wildman–Crippen MR) is 151 cm³/mol. The third-order valence-corrected chi connectivity index (χ3v) is 8.24. The number of ether oxygens (including phenoxy) is 1. The summed E-state index contributed by atoms with van der Waals surface area (Å²) >= 11 is 0. The van der Waals surface area contributed by atoms with Crippen molar-refractivity contribution >= 4 is 11.4 Å². The van der Waals surface area contributed by atoms with E-state index in [2.05, 4.69) is 26.8 Å². The summed E-state index contributed by atoms with van der Waals surface area (Å²) in [4.78, 5) is 23.4. The molecule has 0 spiro atoms. The maximum absolute atomic E-state index is 14.1. The topological polar surface area (TPSA) is 66.2 Å². The van der Waals surface area contributed by atoms with Crippen LogP contribution in [0.5, 0.6) is 11.6 Å². The molecule has 0 radical (unpaired) electrons. The Morgan fingerprint density at radius 2 is 1.77 bits per heavy atom. The molecule has 1 fully saturated rings. The van der Waals surface area contributed by atoms with Crippen LogP contribution in [0.25, 0.3) is 5.52 Å². The quantitative estimate of drug-likeness (QED) is 0.282. The highest BCUT2D eigenvalue weighted by Gasteiger charge is 2.34. The number of nitrogens with zero attached hydrogens (tertiary/aromatic N) is 6. The molecule has 2 aromatic heterocycles. The summed E-state index contributed by atoms with van der Waals surface area (Å²) in [5.41, 5.74) is 2.20. The zero-order chi connectivity index (χ0) is 30.1. The molecule has 0 unspecified atom stereocenters. The fourth-order valence-corrected chi connectivity index (χ4v) is 5.80. The Bertz CT molecular complexity index is 1630. The van der Waals surface area contributed by atoms with Crippen LogP contribution in [0.3, 0.4) is 0 Å². The van der Waals surface area contributed by atoms with Crippen molar-refractivity contribution in [3.63, 3.8) is 0 Å². The van der Waals surface area contributed by atoms with Gasteiger partial charge in [0.2, 0.25) is 11.8 Å². The van der Waals surface area contributed by atoms with Gasteiger partial charge in [-0.15, -0.1) is 0 Å². The maximum Gasteiger partial charge on any atom is 0.416 e. The number of amides is 1. The number of hydrogen-bond acceptors (Lipinski definition) is 6. The second kappa shape index (κ2) is 11.9. The van der Waals surface area contributed by atoms with Gasteiger partial charge in [-0.25, -0.2) is 8.91 Å². The molecule has 0 atom stereocenters. The lowest BCUT2D eigenvalue weighted by atomic mass is 9.97. The van der Waals surface area contributed by atoms with Crippen molar-refractivity contribution in [1.29, 1.82) is 0 Å². The number of benzene rings is 2. The van der Waals surface area contributed by atoms with Gasteiger partial charge < -0.3 is 14.5 Å². The molecular weight excluding hydrogens is 564 g/mol. The monoisotopic (exact) mass is 596 g/mol. The highest BCUT2D eigenvalue weighted by molar-refractivity contribution is 5.79. The summed E-state index contributed by atoms with van der Waals surface area (Å²) in [5.74, 6) is -0.0476. The van der Waals surface area contributed by atoms with E-state index in [0.717, 1.165) is 49.9 Å². The molecule has 4 heterocycles. The number of aromatic nitrogens is 3. The number of alkyl halides is 3. The van der Waals surface area contributed by atoms with Crippen LogP contribution in [0.4, 0.5) is 17.6 Å². The van der Waals surface area contributed by atoms with Crippen LogP contribution < -0.4 is 4.74 Å². The zero-order valence-electron chi connectivity index (χ0n) is 23.8. The van der Waals surface area contributed by atoms with Crippen molar-refractivity contribution < 1.29 is 27.1 Å². The number of likely N-dealkylation sites (N-methyl/N-ethyl adjacent to an activating group) is 1. The van der Waals surface area contributed by atoms with Gasteiger partial charge in [0.05, 0.1) is 18.2 Å². The molecule has 1 saturated heterocycles. The molecule has 1 amide bonds. The molecule has 2 aliphatic rings. The molecular formula is C31H32F4N6O2. The van der Waals surface area contributed by atoms with Crippen molar-refractivity contribution in [2.75, 3.05) is 39.3 Å². The third-order valence-electron chi connectivity index (χ3n) is 8.24. The first-order valence-corrected chi connectivity index (χ1v) is 14.4. The molecule has 0 aliphatic carbocycles. The normalized spacial score (nSPS) is 16.4. The van der Waals surface area contributed by atoms with Crippen LogP contribution >= 0.6 is 0 Å². The largest absolute Gasteiger partial charge is 0.437 e. The Balaban J connectivity index is 1.14. The zero-order valence-corrected chi connectivity index (χ0v) is 23.8. The van der Waals surface area contributed by atoms with E-state index < -0.39 is 17.6 Å². The SMILES string of the molecule is CCN1CCN(Cc2ccc(CC(=O)N3CCc4ccc(Oc5ncnn6cc(F)cc56)cc4C3)cc2C(F)(F)F)CC1. The van der Waals surface area contributed by atoms with Gasteiger partial charge in [-0.2, -0.15) is 23.3 Å². The lowest BCUT2D eigenvalue weighted by Crippen LogP contribution is -2.45. The average molecular weight is 597 g/mol. The first-order valence-electron chi connectivity index (χ1n) is 14.4. The summed E-state index contributed by atoms with van der Waals surface area (Å²) in [7, 11) is 0. The number of carbonyl (C=O) groups is 1. The van der Waals surface area contributed by atoms with Gasteiger partial charge >= 0.3 is 6.18 Å². The van der Waals surface area contributed by atoms with E-state index in [9.17, 15) is 22.4 Å². The van der Waals surface area contributed by atoms with E-state index in [1.165, 1.54) is 29.2 Å². The van der Waals surface area contributed by atoms with E-state index in [1.807, 2.05) is 12.1 Å². The Labute approximate surface area is 246 Å². The number of halogens is 4. The summed E-state index contributed by atoms with van der Waals surface area (Å²) in [6.07, 6.45) is -1.53. The Morgan fingerprint density at radius 1 is 0.977 bits per heavy atom. The first kappa shape index (κ1) is 29.1. The third kappa shape index (κ3) is 6.50. The maximum atomic E-state index is 14.1. The van der Waals surface area contributed by atoms with Crippen molar-refractivity contribution in [2.45, 2.75) is 39.0 Å². The van der Waals surface area contributed by atoms with Gasteiger partial charge in [0, 0.05) is 51.9 Å². The van der Waals surface area contributed by atoms with Crippen LogP contribution in [0.1, 0.15) is 34.7 Å². The smallest absolute Gasteiger partial charge is 0.416 e. The summed E-state index contributed by atoms with van der Waals surface area (Å²) in [6, 6.07) is 11.1. The number of rotatable bonds is 7. The molecule has 6 rings (SSSR count). The molecule has 0 bridgehead atoms. The highest BCUT2D eigenvalue weighted by atomic mass is 19.4. The van der Waals surface area contributed by atoms with Crippen LogP contribution in [0.2, 0.25) is 0 Å². The fourth-order valence-electron chi connectivity index (χ4n) is 5.80. The molecule has 226 valence electrons. The van der Waals surface area contributed by atoms with Crippen LogP contribution in [0.15, 0.2) is 55.0 Å². The van der Waals surface area contributed by atoms with Crippen molar-refractivity contribution in [1.82, 2.24) is 29.3 Å². The molecule has 0 N–H and O–H groups in total. The Morgan fingerprint density at radius 3 is 2.53 bits per heavy atom. The van der Waals surface area contributed by atoms with E-state index in [4.69, 9.17) is 4.74 Å². The van der Waals surface area contributed by atoms with Crippen LogP contribution in [0, 0.1) is 5.82 Å². The van der Waals surface area contributed by atoms with Crippen LogP contribution in [-0.2, 0) is 36.9 Å².